The summed E-state index contributed by atoms with van der Waals surface area (Å²) in [6.07, 6.45) is 18.0. The molecule has 0 aliphatic carbocycles. The standard InChI is InChI=1S/C38H57FN2O3.ClH/c1-4-5-6-7-8-9-10-11-12-13-14-24-38(30-40,33-18-21-35(43-2)36(29-33)44-3)25-15-26-41-27-22-32(23-28-41)37(42)31-16-19-34(39)20-17-31;/h16-21,29,32,37,42H,4-15,22-28H2,1-3H3;1H. The van der Waals surface area contributed by atoms with Crippen LogP contribution in [0.1, 0.15) is 127 Å². The van der Waals surface area contributed by atoms with Gasteiger partial charge in [-0.1, -0.05) is 95.8 Å². The van der Waals surface area contributed by atoms with Gasteiger partial charge in [-0.05, 0) is 93.0 Å². The van der Waals surface area contributed by atoms with Crippen molar-refractivity contribution < 1.29 is 19.0 Å². The normalized spacial score (nSPS) is 15.9. The Morgan fingerprint density at radius 1 is 0.844 bits per heavy atom. The highest BCUT2D eigenvalue weighted by atomic mass is 35.5. The number of hydrogen-bond acceptors (Lipinski definition) is 5. The third kappa shape index (κ3) is 12.4. The SMILES string of the molecule is CCCCCCCCCCCCCC(C#N)(CCCN1CCC(C(O)c2ccc(F)cc2)CC1)c1ccc(OC)c(OC)c1.Cl. The van der Waals surface area contributed by atoms with E-state index in [1.54, 1.807) is 26.4 Å². The van der Waals surface area contributed by atoms with Crippen molar-refractivity contribution in [1.82, 2.24) is 4.90 Å². The number of unbranched alkanes of at least 4 members (excludes halogenated alkanes) is 10. The van der Waals surface area contributed by atoms with Gasteiger partial charge in [0.05, 0.1) is 31.8 Å². The van der Waals surface area contributed by atoms with Crippen LogP contribution in [0.3, 0.4) is 0 Å². The van der Waals surface area contributed by atoms with Crippen LogP contribution in [0.5, 0.6) is 11.5 Å². The first-order chi connectivity index (χ1) is 21.5. The maximum atomic E-state index is 13.3. The Bertz CT molecular complexity index is 1120. The number of aliphatic hydroxyl groups excluding tert-OH is 1. The topological polar surface area (TPSA) is 65.7 Å². The lowest BCUT2D eigenvalue weighted by molar-refractivity contribution is 0.0580. The van der Waals surface area contributed by atoms with Gasteiger partial charge in [-0.2, -0.15) is 5.26 Å². The molecule has 3 rings (SSSR count). The molecule has 0 radical (unpaired) electrons. The smallest absolute Gasteiger partial charge is 0.161 e. The van der Waals surface area contributed by atoms with Crippen molar-refractivity contribution >= 4 is 12.4 Å². The van der Waals surface area contributed by atoms with Crippen molar-refractivity contribution in [3.05, 3.63) is 59.4 Å². The monoisotopic (exact) mass is 644 g/mol. The molecule has 0 aromatic heterocycles. The number of nitrogens with zero attached hydrogens (tertiary/aromatic N) is 2. The molecule has 2 atom stereocenters. The molecule has 1 fully saturated rings. The van der Waals surface area contributed by atoms with E-state index in [0.29, 0.717) is 11.5 Å². The molecule has 1 aliphatic rings. The molecule has 1 aliphatic heterocycles. The summed E-state index contributed by atoms with van der Waals surface area (Å²) in [5, 5.41) is 21.5. The fourth-order valence-electron chi connectivity index (χ4n) is 6.84. The minimum Gasteiger partial charge on any atom is -0.493 e. The average Bonchev–Trinajstić information content (AvgIpc) is 3.06. The van der Waals surface area contributed by atoms with Gasteiger partial charge in [-0.3, -0.25) is 0 Å². The summed E-state index contributed by atoms with van der Waals surface area (Å²) < 4.78 is 24.4. The highest BCUT2D eigenvalue weighted by molar-refractivity contribution is 5.85. The van der Waals surface area contributed by atoms with Crippen molar-refractivity contribution in [3.8, 4) is 17.6 Å². The molecule has 0 spiro atoms. The third-order valence-corrected chi connectivity index (χ3v) is 9.73. The predicted molar refractivity (Wildman–Crippen MR) is 185 cm³/mol. The van der Waals surface area contributed by atoms with Gasteiger partial charge in [0, 0.05) is 0 Å². The number of ether oxygens (including phenoxy) is 2. The van der Waals surface area contributed by atoms with Crippen LogP contribution in [0.15, 0.2) is 42.5 Å². The Kier molecular flexibility index (Phi) is 18.5. The number of methoxy groups -OCH3 is 2. The van der Waals surface area contributed by atoms with Crippen LogP contribution >= 0.6 is 12.4 Å². The van der Waals surface area contributed by atoms with Gasteiger partial charge in [0.2, 0.25) is 0 Å². The van der Waals surface area contributed by atoms with E-state index in [1.165, 1.54) is 69.9 Å². The molecule has 2 aromatic carbocycles. The maximum Gasteiger partial charge on any atom is 0.161 e. The van der Waals surface area contributed by atoms with E-state index in [-0.39, 0.29) is 24.1 Å². The highest BCUT2D eigenvalue weighted by Gasteiger charge is 2.33. The minimum atomic E-state index is -0.560. The molecule has 0 saturated carbocycles. The lowest BCUT2D eigenvalue weighted by atomic mass is 9.74. The number of benzene rings is 2. The number of nitriles is 1. The second-order valence-electron chi connectivity index (χ2n) is 12.8. The first kappa shape index (κ1) is 38.9. The molecule has 5 nitrogen and oxygen atoms in total. The van der Waals surface area contributed by atoms with E-state index in [4.69, 9.17) is 9.47 Å². The average molecular weight is 645 g/mol. The maximum absolute atomic E-state index is 13.3. The van der Waals surface area contributed by atoms with Crippen LogP contribution in [0.4, 0.5) is 4.39 Å². The Balaban J connectivity index is 0.00000705. The Hall–Kier alpha value is -2.33. The molecule has 2 aromatic rings. The van der Waals surface area contributed by atoms with Gasteiger partial charge < -0.3 is 19.5 Å². The van der Waals surface area contributed by atoms with Crippen LogP contribution in [-0.4, -0.2) is 43.9 Å². The van der Waals surface area contributed by atoms with Crippen LogP contribution in [0, 0.1) is 23.1 Å². The van der Waals surface area contributed by atoms with Crippen LogP contribution in [0.2, 0.25) is 0 Å². The summed E-state index contributed by atoms with van der Waals surface area (Å²) in [7, 11) is 3.29. The molecule has 1 N–H and O–H groups in total. The number of halogens is 2. The largest absolute Gasteiger partial charge is 0.493 e. The number of piperidine rings is 1. The molecular formula is C38H58ClFN2O3. The van der Waals surface area contributed by atoms with Crippen molar-refractivity contribution in [2.45, 2.75) is 121 Å². The van der Waals surface area contributed by atoms with Crippen LogP contribution < -0.4 is 9.47 Å². The summed E-state index contributed by atoms with van der Waals surface area (Å²) >= 11 is 0. The van der Waals surface area contributed by atoms with Gasteiger partial charge in [0.25, 0.3) is 0 Å². The Labute approximate surface area is 278 Å². The lowest BCUT2D eigenvalue weighted by Crippen LogP contribution is -2.37. The first-order valence-corrected chi connectivity index (χ1v) is 17.3. The second-order valence-corrected chi connectivity index (χ2v) is 12.8. The molecule has 252 valence electrons. The molecular weight excluding hydrogens is 587 g/mol. The molecule has 45 heavy (non-hydrogen) atoms. The zero-order valence-corrected chi connectivity index (χ0v) is 28.9. The molecule has 2 unspecified atom stereocenters. The van der Waals surface area contributed by atoms with E-state index in [0.717, 1.165) is 75.7 Å². The van der Waals surface area contributed by atoms with Gasteiger partial charge in [-0.15, -0.1) is 12.4 Å². The minimum absolute atomic E-state index is 0. The van der Waals surface area contributed by atoms with Gasteiger partial charge >= 0.3 is 0 Å². The van der Waals surface area contributed by atoms with Crippen LogP contribution in [-0.2, 0) is 5.41 Å². The molecule has 1 heterocycles. The number of likely N-dealkylation sites (tertiary alicyclic amines) is 1. The van der Waals surface area contributed by atoms with Gasteiger partial charge in [0.1, 0.15) is 5.82 Å². The highest BCUT2D eigenvalue weighted by Crippen LogP contribution is 2.39. The zero-order valence-electron chi connectivity index (χ0n) is 28.1. The predicted octanol–water partition coefficient (Wildman–Crippen LogP) is 9.95. The summed E-state index contributed by atoms with van der Waals surface area (Å²) in [6.45, 7) is 5.06. The van der Waals surface area contributed by atoms with E-state index >= 15 is 0 Å². The number of aliphatic hydroxyl groups is 1. The van der Waals surface area contributed by atoms with Crippen LogP contribution in [0.25, 0.3) is 0 Å². The summed E-state index contributed by atoms with van der Waals surface area (Å²) in [6, 6.07) is 15.0. The molecule has 0 bridgehead atoms. The van der Waals surface area contributed by atoms with E-state index in [2.05, 4.69) is 17.9 Å². The lowest BCUT2D eigenvalue weighted by Gasteiger charge is -2.35. The summed E-state index contributed by atoms with van der Waals surface area (Å²) in [4.78, 5) is 2.47. The van der Waals surface area contributed by atoms with Crippen molar-refractivity contribution in [3.63, 3.8) is 0 Å². The van der Waals surface area contributed by atoms with E-state index < -0.39 is 11.5 Å². The fourth-order valence-corrected chi connectivity index (χ4v) is 6.84. The summed E-state index contributed by atoms with van der Waals surface area (Å²) in [5.74, 6) is 1.26. The Morgan fingerprint density at radius 3 is 1.96 bits per heavy atom. The number of rotatable bonds is 21. The molecule has 7 heteroatoms. The van der Waals surface area contributed by atoms with E-state index in [9.17, 15) is 14.8 Å². The third-order valence-electron chi connectivity index (χ3n) is 9.73. The molecule has 0 amide bonds. The van der Waals surface area contributed by atoms with E-state index in [1.807, 2.05) is 18.2 Å². The quantitative estimate of drug-likeness (QED) is 0.137. The summed E-state index contributed by atoms with van der Waals surface area (Å²) in [5.41, 5.74) is 1.25. The Morgan fingerprint density at radius 2 is 1.40 bits per heavy atom. The second kappa shape index (κ2) is 21.5. The van der Waals surface area contributed by atoms with Gasteiger partial charge in [0.15, 0.2) is 11.5 Å². The van der Waals surface area contributed by atoms with Crippen molar-refractivity contribution in [2.24, 2.45) is 5.92 Å². The van der Waals surface area contributed by atoms with Crippen molar-refractivity contribution in [1.29, 1.82) is 5.26 Å². The number of hydrogen-bond donors (Lipinski definition) is 1. The molecule has 1 saturated heterocycles. The first-order valence-electron chi connectivity index (χ1n) is 17.3. The van der Waals surface area contributed by atoms with Gasteiger partial charge in [-0.25, -0.2) is 4.39 Å². The fraction of sp³-hybridized carbons (Fsp3) is 0.658. The zero-order chi connectivity index (χ0) is 31.6. The van der Waals surface area contributed by atoms with Crippen molar-refractivity contribution in [2.75, 3.05) is 33.9 Å².